The van der Waals surface area contributed by atoms with E-state index in [1.54, 1.807) is 72.6 Å². The van der Waals surface area contributed by atoms with Crippen LogP contribution in [0.1, 0.15) is 47.4 Å². The minimum Gasteiger partial charge on any atom is -0.497 e. The van der Waals surface area contributed by atoms with Gasteiger partial charge < -0.3 is 24.6 Å². The molecule has 3 rings (SSSR count). The lowest BCUT2D eigenvalue weighted by molar-refractivity contribution is -0.134. The summed E-state index contributed by atoms with van der Waals surface area (Å²) in [5.41, 5.74) is 1.04. The molecule has 1 fully saturated rings. The maximum atomic E-state index is 13.4. The van der Waals surface area contributed by atoms with Crippen LogP contribution in [0.2, 0.25) is 0 Å². The number of hydrogen-bond acceptors (Lipinski definition) is 5. The van der Waals surface area contributed by atoms with Gasteiger partial charge in [-0.05, 0) is 75.1 Å². The standard InChI is InChI=1S/C27H35N3O5/c1-5-29(6-2)27(33)24(28-25(31)21-8-7-9-23(18-21)35-4)19-14-16-30(17-15-19)26(32)20-10-12-22(34-3)13-11-20/h7-13,18-19,24H,5-6,14-17H2,1-4H3,(H,28,31). The number of carbonyl (C=O) groups is 3. The van der Waals surface area contributed by atoms with Gasteiger partial charge in [0.15, 0.2) is 0 Å². The summed E-state index contributed by atoms with van der Waals surface area (Å²) in [7, 11) is 3.13. The molecule has 2 aromatic carbocycles. The monoisotopic (exact) mass is 481 g/mol. The van der Waals surface area contributed by atoms with Gasteiger partial charge in [0.05, 0.1) is 14.2 Å². The smallest absolute Gasteiger partial charge is 0.253 e. The zero-order valence-electron chi connectivity index (χ0n) is 21.0. The van der Waals surface area contributed by atoms with Crippen molar-refractivity contribution >= 4 is 17.7 Å². The Bertz CT molecular complexity index is 1010. The Kier molecular flexibility index (Phi) is 9.11. The summed E-state index contributed by atoms with van der Waals surface area (Å²) < 4.78 is 10.4. The molecule has 3 amide bonds. The highest BCUT2D eigenvalue weighted by atomic mass is 16.5. The predicted molar refractivity (Wildman–Crippen MR) is 134 cm³/mol. The molecule has 0 spiro atoms. The lowest BCUT2D eigenvalue weighted by atomic mass is 9.87. The van der Waals surface area contributed by atoms with Crippen LogP contribution in [-0.4, -0.2) is 74.0 Å². The number of likely N-dealkylation sites (N-methyl/N-ethyl adjacent to an activating group) is 1. The van der Waals surface area contributed by atoms with E-state index < -0.39 is 6.04 Å². The van der Waals surface area contributed by atoms with Gasteiger partial charge in [-0.1, -0.05) is 6.07 Å². The van der Waals surface area contributed by atoms with Crippen molar-refractivity contribution in [2.24, 2.45) is 5.92 Å². The number of nitrogens with zero attached hydrogens (tertiary/aromatic N) is 2. The van der Waals surface area contributed by atoms with Gasteiger partial charge in [0, 0.05) is 37.3 Å². The molecule has 1 atom stereocenters. The number of rotatable bonds is 9. The first-order valence-electron chi connectivity index (χ1n) is 12.1. The first-order valence-corrected chi connectivity index (χ1v) is 12.1. The zero-order valence-corrected chi connectivity index (χ0v) is 21.0. The molecule has 8 nitrogen and oxygen atoms in total. The summed E-state index contributed by atoms with van der Waals surface area (Å²) in [6.45, 7) is 6.03. The number of likely N-dealkylation sites (tertiary alicyclic amines) is 1. The molecule has 1 aliphatic rings. The molecular weight excluding hydrogens is 446 g/mol. The molecule has 8 heteroatoms. The number of piperidine rings is 1. The van der Waals surface area contributed by atoms with Gasteiger partial charge in [0.25, 0.3) is 11.8 Å². The molecule has 1 saturated heterocycles. The highest BCUT2D eigenvalue weighted by Crippen LogP contribution is 2.25. The molecule has 188 valence electrons. The van der Waals surface area contributed by atoms with Crippen molar-refractivity contribution in [2.75, 3.05) is 40.4 Å². The highest BCUT2D eigenvalue weighted by Gasteiger charge is 2.35. The van der Waals surface area contributed by atoms with E-state index in [1.165, 1.54) is 0 Å². The fraction of sp³-hybridized carbons (Fsp3) is 0.444. The molecule has 1 heterocycles. The lowest BCUT2D eigenvalue weighted by Crippen LogP contribution is -2.54. The first-order chi connectivity index (χ1) is 16.9. The topological polar surface area (TPSA) is 88.2 Å². The highest BCUT2D eigenvalue weighted by molar-refractivity contribution is 5.98. The Morgan fingerprint density at radius 1 is 0.943 bits per heavy atom. The van der Waals surface area contributed by atoms with Gasteiger partial charge in [0.1, 0.15) is 17.5 Å². The Morgan fingerprint density at radius 2 is 1.57 bits per heavy atom. The molecule has 0 saturated carbocycles. The van der Waals surface area contributed by atoms with Crippen molar-refractivity contribution in [2.45, 2.75) is 32.7 Å². The van der Waals surface area contributed by atoms with E-state index in [2.05, 4.69) is 5.32 Å². The Morgan fingerprint density at radius 3 is 2.14 bits per heavy atom. The van der Waals surface area contributed by atoms with Crippen LogP contribution in [0.5, 0.6) is 11.5 Å². The molecule has 0 aliphatic carbocycles. The molecule has 1 aliphatic heterocycles. The number of amides is 3. The number of carbonyl (C=O) groups excluding carboxylic acids is 3. The van der Waals surface area contributed by atoms with Crippen molar-refractivity contribution < 1.29 is 23.9 Å². The van der Waals surface area contributed by atoms with Gasteiger partial charge in [0.2, 0.25) is 5.91 Å². The summed E-state index contributed by atoms with van der Waals surface area (Å²) in [5.74, 6) is 0.757. The minimum atomic E-state index is -0.660. The van der Waals surface area contributed by atoms with E-state index >= 15 is 0 Å². The van der Waals surface area contributed by atoms with E-state index in [0.29, 0.717) is 61.6 Å². The van der Waals surface area contributed by atoms with Crippen molar-refractivity contribution in [3.8, 4) is 11.5 Å². The maximum absolute atomic E-state index is 13.4. The second-order valence-corrected chi connectivity index (χ2v) is 8.55. The third kappa shape index (κ3) is 6.32. The Balaban J connectivity index is 1.72. The van der Waals surface area contributed by atoms with Crippen LogP contribution in [0, 0.1) is 5.92 Å². The normalized spacial score (nSPS) is 14.7. The number of nitrogens with one attached hydrogen (secondary N) is 1. The molecule has 0 radical (unpaired) electrons. The fourth-order valence-corrected chi connectivity index (χ4v) is 4.45. The quantitative estimate of drug-likeness (QED) is 0.594. The van der Waals surface area contributed by atoms with Crippen molar-refractivity contribution in [3.05, 3.63) is 59.7 Å². The molecule has 0 aromatic heterocycles. The van der Waals surface area contributed by atoms with Crippen LogP contribution in [0.4, 0.5) is 0 Å². The molecule has 1 N–H and O–H groups in total. The van der Waals surface area contributed by atoms with Crippen molar-refractivity contribution in [1.82, 2.24) is 15.1 Å². The summed E-state index contributed by atoms with van der Waals surface area (Å²) in [4.78, 5) is 43.0. The molecule has 1 unspecified atom stereocenters. The van der Waals surface area contributed by atoms with E-state index in [1.807, 2.05) is 13.8 Å². The summed E-state index contributed by atoms with van der Waals surface area (Å²) >= 11 is 0. The van der Waals surface area contributed by atoms with E-state index in [-0.39, 0.29) is 23.6 Å². The number of hydrogen-bond donors (Lipinski definition) is 1. The third-order valence-electron chi connectivity index (χ3n) is 6.59. The maximum Gasteiger partial charge on any atom is 0.253 e. The minimum absolute atomic E-state index is 0.0434. The zero-order chi connectivity index (χ0) is 25.4. The molecule has 0 bridgehead atoms. The lowest BCUT2D eigenvalue weighted by Gasteiger charge is -2.37. The van der Waals surface area contributed by atoms with Crippen LogP contribution < -0.4 is 14.8 Å². The summed E-state index contributed by atoms with van der Waals surface area (Å²) in [6, 6.07) is 13.3. The number of methoxy groups -OCH3 is 2. The molecular formula is C27H35N3O5. The predicted octanol–water partition coefficient (Wildman–Crippen LogP) is 3.22. The average Bonchev–Trinajstić information content (AvgIpc) is 2.92. The Labute approximate surface area is 207 Å². The summed E-state index contributed by atoms with van der Waals surface area (Å²) in [5, 5.41) is 2.99. The van der Waals surface area contributed by atoms with Gasteiger partial charge in [-0.15, -0.1) is 0 Å². The molecule has 2 aromatic rings. The Hall–Kier alpha value is -3.55. The largest absolute Gasteiger partial charge is 0.497 e. The van der Waals surface area contributed by atoms with Crippen LogP contribution in [0.15, 0.2) is 48.5 Å². The summed E-state index contributed by atoms with van der Waals surface area (Å²) in [6.07, 6.45) is 1.25. The van der Waals surface area contributed by atoms with Crippen molar-refractivity contribution in [3.63, 3.8) is 0 Å². The van der Waals surface area contributed by atoms with Gasteiger partial charge in [-0.3, -0.25) is 14.4 Å². The third-order valence-corrected chi connectivity index (χ3v) is 6.59. The average molecular weight is 482 g/mol. The van der Waals surface area contributed by atoms with Crippen LogP contribution in [0.3, 0.4) is 0 Å². The van der Waals surface area contributed by atoms with Gasteiger partial charge in [-0.25, -0.2) is 0 Å². The second kappa shape index (κ2) is 12.2. The second-order valence-electron chi connectivity index (χ2n) is 8.55. The van der Waals surface area contributed by atoms with E-state index in [4.69, 9.17) is 9.47 Å². The number of ether oxygens (including phenoxy) is 2. The molecule has 35 heavy (non-hydrogen) atoms. The SMILES string of the molecule is CCN(CC)C(=O)C(NC(=O)c1cccc(OC)c1)C1CCN(C(=O)c2ccc(OC)cc2)CC1. The first kappa shape index (κ1) is 26.1. The fourth-order valence-electron chi connectivity index (χ4n) is 4.45. The van der Waals surface area contributed by atoms with Crippen LogP contribution in [-0.2, 0) is 4.79 Å². The van der Waals surface area contributed by atoms with E-state index in [9.17, 15) is 14.4 Å². The van der Waals surface area contributed by atoms with Crippen LogP contribution in [0.25, 0.3) is 0 Å². The van der Waals surface area contributed by atoms with Crippen LogP contribution >= 0.6 is 0 Å². The number of benzene rings is 2. The van der Waals surface area contributed by atoms with Gasteiger partial charge in [-0.2, -0.15) is 0 Å². The van der Waals surface area contributed by atoms with Gasteiger partial charge >= 0.3 is 0 Å². The van der Waals surface area contributed by atoms with E-state index in [0.717, 1.165) is 0 Å². The van der Waals surface area contributed by atoms with Crippen molar-refractivity contribution in [1.29, 1.82) is 0 Å².